The third-order valence-corrected chi connectivity index (χ3v) is 6.21. The molecule has 8 nitrogen and oxygen atoms in total. The van der Waals surface area contributed by atoms with Crippen molar-refractivity contribution in [2.75, 3.05) is 79.3 Å². The van der Waals surface area contributed by atoms with Crippen molar-refractivity contribution in [2.45, 2.75) is 51.4 Å². The Balaban J connectivity index is 0.000000320. The van der Waals surface area contributed by atoms with E-state index < -0.39 is 0 Å². The van der Waals surface area contributed by atoms with E-state index in [0.29, 0.717) is 50.1 Å². The summed E-state index contributed by atoms with van der Waals surface area (Å²) >= 11 is 0. The van der Waals surface area contributed by atoms with Crippen molar-refractivity contribution in [3.63, 3.8) is 0 Å². The van der Waals surface area contributed by atoms with Crippen molar-refractivity contribution < 1.29 is 39.4 Å². The van der Waals surface area contributed by atoms with Crippen LogP contribution in [0.5, 0.6) is 0 Å². The highest BCUT2D eigenvalue weighted by atomic mass is 16.5. The van der Waals surface area contributed by atoms with Gasteiger partial charge in [0.25, 0.3) is 0 Å². The predicted molar refractivity (Wildman–Crippen MR) is 123 cm³/mol. The Kier molecular flexibility index (Phi) is 19.7. The molecule has 8 heteroatoms. The predicted octanol–water partition coefficient (Wildman–Crippen LogP) is 1.62. The van der Waals surface area contributed by atoms with E-state index in [1.807, 2.05) is 0 Å². The zero-order valence-electron chi connectivity index (χ0n) is 19.9. The smallest absolute Gasteiger partial charge is 0.0697 e. The van der Waals surface area contributed by atoms with Crippen molar-refractivity contribution in [3.8, 4) is 0 Å². The van der Waals surface area contributed by atoms with Gasteiger partial charge in [-0.3, -0.25) is 0 Å². The minimum Gasteiger partial charge on any atom is -0.394 e. The summed E-state index contributed by atoms with van der Waals surface area (Å²) in [5.74, 6) is 2.53. The summed E-state index contributed by atoms with van der Waals surface area (Å²) in [4.78, 5) is 0. The van der Waals surface area contributed by atoms with E-state index >= 15 is 0 Å². The molecule has 0 heterocycles. The molecule has 0 aromatic carbocycles. The van der Waals surface area contributed by atoms with Gasteiger partial charge in [-0.05, 0) is 68.6 Å². The van der Waals surface area contributed by atoms with E-state index in [9.17, 15) is 0 Å². The topological polar surface area (TPSA) is 118 Å². The van der Waals surface area contributed by atoms with Crippen LogP contribution in [0.4, 0.5) is 0 Å². The minimum atomic E-state index is 0.107. The van der Waals surface area contributed by atoms with Crippen molar-refractivity contribution in [1.29, 1.82) is 0 Å². The Morgan fingerprint density at radius 2 is 0.750 bits per heavy atom. The second-order valence-corrected chi connectivity index (χ2v) is 8.98. The summed E-state index contributed by atoms with van der Waals surface area (Å²) in [7, 11) is 0. The second kappa shape index (κ2) is 21.2. The lowest BCUT2D eigenvalue weighted by molar-refractivity contribution is 0.0236. The fourth-order valence-electron chi connectivity index (χ4n) is 4.53. The molecule has 0 aliphatic heterocycles. The van der Waals surface area contributed by atoms with Crippen molar-refractivity contribution in [2.24, 2.45) is 23.7 Å². The quantitative estimate of drug-likeness (QED) is 0.255. The third-order valence-electron chi connectivity index (χ3n) is 6.21. The molecule has 2 aliphatic rings. The van der Waals surface area contributed by atoms with Crippen molar-refractivity contribution in [1.82, 2.24) is 0 Å². The zero-order valence-corrected chi connectivity index (χ0v) is 19.9. The summed E-state index contributed by atoms with van der Waals surface area (Å²) in [6.45, 7) is 5.34. The monoisotopic (exact) mass is 464 g/mol. The van der Waals surface area contributed by atoms with Gasteiger partial charge in [0, 0.05) is 26.4 Å². The van der Waals surface area contributed by atoms with Gasteiger partial charge in [0.2, 0.25) is 0 Å². The molecule has 2 rings (SSSR count). The first-order valence-electron chi connectivity index (χ1n) is 12.5. The Bertz CT molecular complexity index is 356. The fraction of sp³-hybridized carbons (Fsp3) is 1.00. The molecule has 0 aromatic heterocycles. The normalized spacial score (nSPS) is 25.9. The van der Waals surface area contributed by atoms with Crippen LogP contribution in [-0.2, 0) is 18.9 Å². The molecule has 2 atom stereocenters. The molecule has 2 unspecified atom stereocenters. The molecule has 0 spiro atoms. The number of aliphatic hydroxyl groups excluding tert-OH is 4. The molecule has 0 bridgehead atoms. The zero-order chi connectivity index (χ0) is 23.3. The highest BCUT2D eigenvalue weighted by Gasteiger charge is 2.22. The van der Waals surface area contributed by atoms with Gasteiger partial charge in [-0.25, -0.2) is 0 Å². The maximum Gasteiger partial charge on any atom is 0.0697 e. The summed E-state index contributed by atoms with van der Waals surface area (Å²) < 4.78 is 21.4. The average Bonchev–Trinajstić information content (AvgIpc) is 2.82. The molecule has 0 aromatic rings. The Morgan fingerprint density at radius 3 is 1.06 bits per heavy atom. The Hall–Kier alpha value is -0.320. The van der Waals surface area contributed by atoms with E-state index in [1.54, 1.807) is 0 Å². The van der Waals surface area contributed by atoms with E-state index in [0.717, 1.165) is 32.8 Å². The lowest BCUT2D eigenvalue weighted by Gasteiger charge is -2.28. The molecular formula is C24H48O8. The maximum atomic E-state index is 8.62. The largest absolute Gasteiger partial charge is 0.394 e. The van der Waals surface area contributed by atoms with Gasteiger partial charge in [0.1, 0.15) is 0 Å². The summed E-state index contributed by atoms with van der Waals surface area (Å²) in [5, 5.41) is 34.4. The Morgan fingerprint density at radius 1 is 0.438 bits per heavy atom. The molecule has 0 amide bonds. The van der Waals surface area contributed by atoms with Crippen LogP contribution in [0, 0.1) is 23.7 Å². The molecular weight excluding hydrogens is 416 g/mol. The highest BCUT2D eigenvalue weighted by Crippen LogP contribution is 2.30. The highest BCUT2D eigenvalue weighted by molar-refractivity contribution is 4.73. The number of rotatable bonds is 16. The molecule has 32 heavy (non-hydrogen) atoms. The van der Waals surface area contributed by atoms with E-state index in [4.69, 9.17) is 39.4 Å². The van der Waals surface area contributed by atoms with Crippen LogP contribution < -0.4 is 0 Å². The maximum absolute atomic E-state index is 8.62. The van der Waals surface area contributed by atoms with Crippen LogP contribution in [0.3, 0.4) is 0 Å². The van der Waals surface area contributed by atoms with E-state index in [1.165, 1.54) is 44.9 Å². The average molecular weight is 465 g/mol. The van der Waals surface area contributed by atoms with Crippen LogP contribution in [0.1, 0.15) is 51.4 Å². The van der Waals surface area contributed by atoms with Gasteiger partial charge in [0.05, 0.1) is 52.9 Å². The first-order chi connectivity index (χ1) is 15.7. The third kappa shape index (κ3) is 15.5. The van der Waals surface area contributed by atoms with Crippen molar-refractivity contribution >= 4 is 0 Å². The van der Waals surface area contributed by atoms with Gasteiger partial charge in [-0.1, -0.05) is 6.42 Å². The minimum absolute atomic E-state index is 0.107. The SMILES string of the molecule is OCCOCC1CCC(COCCO)CC1.OCCOCC1CCCC(COCCO)C1. The van der Waals surface area contributed by atoms with Crippen LogP contribution in [0.2, 0.25) is 0 Å². The van der Waals surface area contributed by atoms with Gasteiger partial charge in [-0.15, -0.1) is 0 Å². The van der Waals surface area contributed by atoms with E-state index in [2.05, 4.69) is 0 Å². The number of hydrogen-bond donors (Lipinski definition) is 4. The molecule has 0 saturated heterocycles. The summed E-state index contributed by atoms with van der Waals surface area (Å²) in [6, 6.07) is 0. The number of hydrogen-bond acceptors (Lipinski definition) is 8. The van der Waals surface area contributed by atoms with Gasteiger partial charge >= 0.3 is 0 Å². The van der Waals surface area contributed by atoms with E-state index in [-0.39, 0.29) is 26.4 Å². The Labute approximate surface area is 194 Å². The van der Waals surface area contributed by atoms with Gasteiger partial charge in [-0.2, -0.15) is 0 Å². The molecule has 2 saturated carbocycles. The standard InChI is InChI=1S/2C12H24O4/c13-5-7-15-9-11-1-2-12(4-3-11)10-16-8-6-14;13-4-6-15-9-11-2-1-3-12(8-11)10-16-7-5-14/h2*11-14H,1-10H2. The van der Waals surface area contributed by atoms with Crippen LogP contribution in [-0.4, -0.2) is 99.7 Å². The van der Waals surface area contributed by atoms with Crippen molar-refractivity contribution in [3.05, 3.63) is 0 Å². The summed E-state index contributed by atoms with van der Waals surface area (Å²) in [5.41, 5.74) is 0. The van der Waals surface area contributed by atoms with Gasteiger partial charge < -0.3 is 39.4 Å². The number of ether oxygens (including phenoxy) is 4. The summed E-state index contributed by atoms with van der Waals surface area (Å²) in [6.07, 6.45) is 9.61. The molecule has 2 fully saturated rings. The lowest BCUT2D eigenvalue weighted by Crippen LogP contribution is -2.24. The lowest BCUT2D eigenvalue weighted by atomic mass is 9.82. The second-order valence-electron chi connectivity index (χ2n) is 8.98. The van der Waals surface area contributed by atoms with Crippen LogP contribution in [0.25, 0.3) is 0 Å². The molecule has 192 valence electrons. The van der Waals surface area contributed by atoms with Gasteiger partial charge in [0.15, 0.2) is 0 Å². The number of aliphatic hydroxyl groups is 4. The van der Waals surface area contributed by atoms with Crippen LogP contribution in [0.15, 0.2) is 0 Å². The fourth-order valence-corrected chi connectivity index (χ4v) is 4.53. The molecule has 0 radical (unpaired) electrons. The first kappa shape index (κ1) is 29.7. The van der Waals surface area contributed by atoms with Crippen LogP contribution >= 0.6 is 0 Å². The first-order valence-corrected chi connectivity index (χ1v) is 12.5. The molecule has 4 N–H and O–H groups in total. The molecule has 2 aliphatic carbocycles.